The number of benzene rings is 1. The van der Waals surface area contributed by atoms with Crippen LogP contribution in [0.1, 0.15) is 25.8 Å². The molecule has 0 spiro atoms. The molecule has 1 rings (SSSR count). The van der Waals surface area contributed by atoms with E-state index in [0.29, 0.717) is 11.7 Å². The molecule has 1 atom stereocenters. The largest absolute Gasteiger partial charge is 0.380 e. The van der Waals surface area contributed by atoms with Crippen molar-refractivity contribution in [2.75, 3.05) is 5.32 Å². The minimum Gasteiger partial charge on any atom is -0.380 e. The summed E-state index contributed by atoms with van der Waals surface area (Å²) < 4.78 is 13.3. The predicted octanol–water partition coefficient (Wildman–Crippen LogP) is 3.34. The van der Waals surface area contributed by atoms with Gasteiger partial charge in [-0.2, -0.15) is 0 Å². The lowest BCUT2D eigenvalue weighted by molar-refractivity contribution is 0.624. The Kier molecular flexibility index (Phi) is 3.29. The number of rotatable bonds is 3. The van der Waals surface area contributed by atoms with Gasteiger partial charge in [0.15, 0.2) is 0 Å². The van der Waals surface area contributed by atoms with Crippen LogP contribution in [0.4, 0.5) is 10.1 Å². The standard InChI is InChI=1S/C11H16FN/c1-4-9(3)13-11-6-5-8(2)7-10(11)12/h5-7,9,13H,4H2,1-3H3. The zero-order valence-corrected chi connectivity index (χ0v) is 8.39. The van der Waals surface area contributed by atoms with E-state index >= 15 is 0 Å². The van der Waals surface area contributed by atoms with E-state index in [1.807, 2.05) is 19.9 Å². The fraction of sp³-hybridized carbons (Fsp3) is 0.455. The van der Waals surface area contributed by atoms with Gasteiger partial charge in [0.25, 0.3) is 0 Å². The Hall–Kier alpha value is -1.05. The lowest BCUT2D eigenvalue weighted by atomic mass is 10.2. The molecule has 0 saturated heterocycles. The molecule has 0 aromatic heterocycles. The second kappa shape index (κ2) is 4.26. The van der Waals surface area contributed by atoms with Crippen molar-refractivity contribution in [3.05, 3.63) is 29.6 Å². The van der Waals surface area contributed by atoms with Gasteiger partial charge in [-0.3, -0.25) is 0 Å². The summed E-state index contributed by atoms with van der Waals surface area (Å²) in [5.74, 6) is -0.166. The van der Waals surface area contributed by atoms with Gasteiger partial charge in [-0.15, -0.1) is 0 Å². The Morgan fingerprint density at radius 1 is 1.46 bits per heavy atom. The molecule has 1 N–H and O–H groups in total. The maximum atomic E-state index is 13.3. The fourth-order valence-electron chi connectivity index (χ4n) is 1.10. The van der Waals surface area contributed by atoms with E-state index in [0.717, 1.165) is 12.0 Å². The molecular weight excluding hydrogens is 165 g/mol. The molecular formula is C11H16FN. The van der Waals surface area contributed by atoms with E-state index in [1.54, 1.807) is 12.1 Å². The van der Waals surface area contributed by atoms with Crippen LogP contribution in [0.5, 0.6) is 0 Å². The van der Waals surface area contributed by atoms with Crippen molar-refractivity contribution < 1.29 is 4.39 Å². The topological polar surface area (TPSA) is 12.0 Å². The summed E-state index contributed by atoms with van der Waals surface area (Å²) >= 11 is 0. The third-order valence-electron chi connectivity index (χ3n) is 2.14. The van der Waals surface area contributed by atoms with Crippen LogP contribution in [0.15, 0.2) is 18.2 Å². The zero-order chi connectivity index (χ0) is 9.84. The van der Waals surface area contributed by atoms with E-state index in [1.165, 1.54) is 0 Å². The highest BCUT2D eigenvalue weighted by Gasteiger charge is 2.03. The van der Waals surface area contributed by atoms with Crippen LogP contribution in [0.25, 0.3) is 0 Å². The van der Waals surface area contributed by atoms with Crippen molar-refractivity contribution in [2.45, 2.75) is 33.2 Å². The van der Waals surface area contributed by atoms with Crippen molar-refractivity contribution in [1.29, 1.82) is 0 Å². The molecule has 72 valence electrons. The first-order chi connectivity index (χ1) is 6.13. The maximum Gasteiger partial charge on any atom is 0.146 e. The zero-order valence-electron chi connectivity index (χ0n) is 8.39. The van der Waals surface area contributed by atoms with Crippen molar-refractivity contribution in [1.82, 2.24) is 0 Å². The van der Waals surface area contributed by atoms with Crippen molar-refractivity contribution in [2.24, 2.45) is 0 Å². The van der Waals surface area contributed by atoms with Crippen LogP contribution in [-0.2, 0) is 0 Å². The number of anilines is 1. The third kappa shape index (κ3) is 2.72. The Morgan fingerprint density at radius 3 is 2.69 bits per heavy atom. The van der Waals surface area contributed by atoms with Crippen molar-refractivity contribution in [3.63, 3.8) is 0 Å². The van der Waals surface area contributed by atoms with Gasteiger partial charge in [-0.25, -0.2) is 4.39 Å². The molecule has 0 bridgehead atoms. The summed E-state index contributed by atoms with van der Waals surface area (Å²) in [5.41, 5.74) is 1.55. The molecule has 0 amide bonds. The van der Waals surface area contributed by atoms with Crippen LogP contribution < -0.4 is 5.32 Å². The summed E-state index contributed by atoms with van der Waals surface area (Å²) in [6, 6.07) is 5.56. The predicted molar refractivity (Wildman–Crippen MR) is 54.5 cm³/mol. The van der Waals surface area contributed by atoms with Crippen LogP contribution in [-0.4, -0.2) is 6.04 Å². The molecule has 0 radical (unpaired) electrons. The normalized spacial score (nSPS) is 12.6. The SMILES string of the molecule is CCC(C)Nc1ccc(C)cc1F. The van der Waals surface area contributed by atoms with Gasteiger partial charge in [0.05, 0.1) is 5.69 Å². The summed E-state index contributed by atoms with van der Waals surface area (Å²) in [5, 5.41) is 3.11. The number of halogens is 1. The highest BCUT2D eigenvalue weighted by Crippen LogP contribution is 2.16. The molecule has 0 aliphatic carbocycles. The smallest absolute Gasteiger partial charge is 0.146 e. The first kappa shape index (κ1) is 10.0. The quantitative estimate of drug-likeness (QED) is 0.754. The maximum absolute atomic E-state index is 13.3. The van der Waals surface area contributed by atoms with Gasteiger partial charge in [-0.05, 0) is 38.0 Å². The Morgan fingerprint density at radius 2 is 2.15 bits per heavy atom. The molecule has 13 heavy (non-hydrogen) atoms. The lowest BCUT2D eigenvalue weighted by Gasteiger charge is -2.13. The van der Waals surface area contributed by atoms with Gasteiger partial charge in [0.2, 0.25) is 0 Å². The Bertz CT molecular complexity index is 283. The summed E-state index contributed by atoms with van der Waals surface area (Å²) in [7, 11) is 0. The van der Waals surface area contributed by atoms with Crippen molar-refractivity contribution >= 4 is 5.69 Å². The van der Waals surface area contributed by atoms with Crippen molar-refractivity contribution in [3.8, 4) is 0 Å². The van der Waals surface area contributed by atoms with Crippen LogP contribution in [0.2, 0.25) is 0 Å². The fourth-order valence-corrected chi connectivity index (χ4v) is 1.10. The highest BCUT2D eigenvalue weighted by atomic mass is 19.1. The Balaban J connectivity index is 2.77. The number of hydrogen-bond donors (Lipinski definition) is 1. The number of nitrogens with one attached hydrogen (secondary N) is 1. The second-order valence-electron chi connectivity index (χ2n) is 3.44. The van der Waals surface area contributed by atoms with Crippen LogP contribution in [0.3, 0.4) is 0 Å². The summed E-state index contributed by atoms with van der Waals surface area (Å²) in [6.45, 7) is 6.00. The van der Waals surface area contributed by atoms with E-state index in [9.17, 15) is 4.39 Å². The minimum absolute atomic E-state index is 0.166. The molecule has 0 aliphatic heterocycles. The van der Waals surface area contributed by atoms with Gasteiger partial charge in [0.1, 0.15) is 5.82 Å². The molecule has 1 aromatic carbocycles. The highest BCUT2D eigenvalue weighted by molar-refractivity contribution is 5.46. The van der Waals surface area contributed by atoms with Gasteiger partial charge in [-0.1, -0.05) is 13.0 Å². The van der Waals surface area contributed by atoms with Crippen LogP contribution in [0, 0.1) is 12.7 Å². The van der Waals surface area contributed by atoms with E-state index in [2.05, 4.69) is 12.2 Å². The molecule has 0 fully saturated rings. The molecule has 0 aliphatic rings. The van der Waals surface area contributed by atoms with Crippen LogP contribution >= 0.6 is 0 Å². The van der Waals surface area contributed by atoms with Gasteiger partial charge >= 0.3 is 0 Å². The minimum atomic E-state index is -0.166. The number of hydrogen-bond acceptors (Lipinski definition) is 1. The molecule has 1 nitrogen and oxygen atoms in total. The van der Waals surface area contributed by atoms with E-state index < -0.39 is 0 Å². The number of aryl methyl sites for hydroxylation is 1. The summed E-state index contributed by atoms with van der Waals surface area (Å²) in [4.78, 5) is 0. The van der Waals surface area contributed by atoms with Gasteiger partial charge < -0.3 is 5.32 Å². The molecule has 1 aromatic rings. The van der Waals surface area contributed by atoms with Gasteiger partial charge in [0, 0.05) is 6.04 Å². The van der Waals surface area contributed by atoms with E-state index in [-0.39, 0.29) is 5.82 Å². The molecule has 1 unspecified atom stereocenters. The molecule has 0 saturated carbocycles. The Labute approximate surface area is 79.0 Å². The lowest BCUT2D eigenvalue weighted by Crippen LogP contribution is -2.14. The monoisotopic (exact) mass is 181 g/mol. The second-order valence-corrected chi connectivity index (χ2v) is 3.44. The third-order valence-corrected chi connectivity index (χ3v) is 2.14. The molecule has 2 heteroatoms. The van der Waals surface area contributed by atoms with E-state index in [4.69, 9.17) is 0 Å². The summed E-state index contributed by atoms with van der Waals surface area (Å²) in [6.07, 6.45) is 0.993. The first-order valence-electron chi connectivity index (χ1n) is 4.66. The first-order valence-corrected chi connectivity index (χ1v) is 4.66. The molecule has 0 heterocycles. The average Bonchev–Trinajstić information content (AvgIpc) is 2.09. The average molecular weight is 181 g/mol.